The van der Waals surface area contributed by atoms with Crippen molar-refractivity contribution in [2.24, 2.45) is 5.10 Å². The van der Waals surface area contributed by atoms with Crippen molar-refractivity contribution in [2.75, 3.05) is 27.4 Å². The van der Waals surface area contributed by atoms with Gasteiger partial charge in [0, 0.05) is 5.56 Å². The van der Waals surface area contributed by atoms with Crippen LogP contribution in [0.15, 0.2) is 41.5 Å². The number of hydrogen-bond acceptors (Lipinski definition) is 6. The molecule has 0 bridgehead atoms. The first-order valence-corrected chi connectivity index (χ1v) is 8.58. The molecule has 7 heteroatoms. The molecule has 0 aromatic heterocycles. The first kappa shape index (κ1) is 20.1. The molecule has 0 spiro atoms. The first-order chi connectivity index (χ1) is 13.1. The molecule has 0 aliphatic heterocycles. The molecular formula is C20H24N2O5. The molecule has 0 aliphatic rings. The minimum Gasteiger partial charge on any atom is -0.493 e. The highest BCUT2D eigenvalue weighted by Gasteiger charge is 2.10. The summed E-state index contributed by atoms with van der Waals surface area (Å²) >= 11 is 0. The Hall–Kier alpha value is -3.22. The third kappa shape index (κ3) is 5.37. The standard InChI is InChI=1S/C20H24N2O5/c1-5-26-16-9-7-14(11-18(16)24-3)13-21-22-20(23)15-8-10-17(27-6-2)19(12-15)25-4/h7-13H,5-6H2,1-4H3,(H,22,23)/b21-13+. The van der Waals surface area contributed by atoms with Gasteiger partial charge in [-0.05, 0) is 55.8 Å². The fourth-order valence-electron chi connectivity index (χ4n) is 2.35. The molecule has 144 valence electrons. The molecule has 0 aliphatic carbocycles. The molecule has 0 saturated carbocycles. The topological polar surface area (TPSA) is 78.4 Å². The predicted molar refractivity (Wildman–Crippen MR) is 103 cm³/mol. The minimum absolute atomic E-state index is 0.356. The van der Waals surface area contributed by atoms with E-state index in [1.165, 1.54) is 13.3 Å². The number of carbonyl (C=O) groups excluding carboxylic acids is 1. The van der Waals surface area contributed by atoms with E-state index in [-0.39, 0.29) is 5.91 Å². The Morgan fingerprint density at radius 1 is 0.926 bits per heavy atom. The van der Waals surface area contributed by atoms with Crippen LogP contribution in [0, 0.1) is 0 Å². The highest BCUT2D eigenvalue weighted by molar-refractivity contribution is 5.95. The fraction of sp³-hybridized carbons (Fsp3) is 0.300. The van der Waals surface area contributed by atoms with Gasteiger partial charge in [0.25, 0.3) is 5.91 Å². The summed E-state index contributed by atoms with van der Waals surface area (Å²) in [6, 6.07) is 10.3. The van der Waals surface area contributed by atoms with Crippen LogP contribution in [0.25, 0.3) is 0 Å². The Balaban J connectivity index is 2.06. The van der Waals surface area contributed by atoms with Gasteiger partial charge in [-0.2, -0.15) is 5.10 Å². The summed E-state index contributed by atoms with van der Waals surface area (Å²) in [5.74, 6) is 1.97. The van der Waals surface area contributed by atoms with Crippen LogP contribution in [-0.4, -0.2) is 39.6 Å². The van der Waals surface area contributed by atoms with Crippen LogP contribution in [0.4, 0.5) is 0 Å². The van der Waals surface area contributed by atoms with Gasteiger partial charge in [-0.3, -0.25) is 4.79 Å². The van der Waals surface area contributed by atoms with E-state index in [9.17, 15) is 4.79 Å². The lowest BCUT2D eigenvalue weighted by molar-refractivity contribution is 0.0954. The van der Waals surface area contributed by atoms with E-state index >= 15 is 0 Å². The van der Waals surface area contributed by atoms with Gasteiger partial charge in [0.1, 0.15) is 0 Å². The van der Waals surface area contributed by atoms with E-state index in [1.54, 1.807) is 37.4 Å². The third-order valence-electron chi connectivity index (χ3n) is 3.59. The van der Waals surface area contributed by atoms with Crippen LogP contribution >= 0.6 is 0 Å². The normalized spacial score (nSPS) is 10.5. The number of ether oxygens (including phenoxy) is 4. The Morgan fingerprint density at radius 3 is 2.11 bits per heavy atom. The second-order valence-electron chi connectivity index (χ2n) is 5.34. The molecule has 27 heavy (non-hydrogen) atoms. The molecule has 0 saturated heterocycles. The molecule has 2 aromatic rings. The van der Waals surface area contributed by atoms with Gasteiger partial charge >= 0.3 is 0 Å². The van der Waals surface area contributed by atoms with Gasteiger partial charge in [-0.1, -0.05) is 0 Å². The molecule has 0 atom stereocenters. The summed E-state index contributed by atoms with van der Waals surface area (Å²) in [5, 5.41) is 3.99. The lowest BCUT2D eigenvalue weighted by Gasteiger charge is -2.10. The number of nitrogens with zero attached hydrogens (tertiary/aromatic N) is 1. The van der Waals surface area contributed by atoms with E-state index in [1.807, 2.05) is 19.9 Å². The zero-order chi connectivity index (χ0) is 19.6. The van der Waals surface area contributed by atoms with Crippen LogP contribution in [0.3, 0.4) is 0 Å². The Morgan fingerprint density at radius 2 is 1.52 bits per heavy atom. The van der Waals surface area contributed by atoms with E-state index < -0.39 is 0 Å². The lowest BCUT2D eigenvalue weighted by Crippen LogP contribution is -2.17. The number of hydrogen-bond donors (Lipinski definition) is 1. The maximum absolute atomic E-state index is 12.3. The maximum Gasteiger partial charge on any atom is 0.271 e. The van der Waals surface area contributed by atoms with Gasteiger partial charge < -0.3 is 18.9 Å². The van der Waals surface area contributed by atoms with E-state index in [4.69, 9.17) is 18.9 Å². The second-order valence-corrected chi connectivity index (χ2v) is 5.34. The highest BCUT2D eigenvalue weighted by atomic mass is 16.5. The highest BCUT2D eigenvalue weighted by Crippen LogP contribution is 2.28. The molecular weight excluding hydrogens is 348 g/mol. The number of hydrazone groups is 1. The largest absolute Gasteiger partial charge is 0.493 e. The number of carbonyl (C=O) groups is 1. The summed E-state index contributed by atoms with van der Waals surface area (Å²) in [6.07, 6.45) is 1.53. The van der Waals surface area contributed by atoms with Gasteiger partial charge in [0.05, 0.1) is 33.6 Å². The van der Waals surface area contributed by atoms with Gasteiger partial charge in [0.2, 0.25) is 0 Å². The molecule has 0 radical (unpaired) electrons. The van der Waals surface area contributed by atoms with Gasteiger partial charge in [-0.15, -0.1) is 0 Å². The molecule has 2 aromatic carbocycles. The van der Waals surface area contributed by atoms with Gasteiger partial charge in [-0.25, -0.2) is 5.43 Å². The second kappa shape index (κ2) is 10.1. The Kier molecular flexibility index (Phi) is 7.49. The monoisotopic (exact) mass is 372 g/mol. The molecule has 0 heterocycles. The lowest BCUT2D eigenvalue weighted by atomic mass is 10.2. The molecule has 0 fully saturated rings. The summed E-state index contributed by atoms with van der Waals surface area (Å²) < 4.78 is 21.5. The summed E-state index contributed by atoms with van der Waals surface area (Å²) in [7, 11) is 3.09. The van der Waals surface area contributed by atoms with Crippen molar-refractivity contribution in [2.45, 2.75) is 13.8 Å². The average molecular weight is 372 g/mol. The van der Waals surface area contributed by atoms with Crippen molar-refractivity contribution in [3.8, 4) is 23.0 Å². The van der Waals surface area contributed by atoms with Crippen LogP contribution in [-0.2, 0) is 0 Å². The van der Waals surface area contributed by atoms with Gasteiger partial charge in [0.15, 0.2) is 23.0 Å². The van der Waals surface area contributed by atoms with Crippen molar-refractivity contribution in [3.63, 3.8) is 0 Å². The molecule has 1 N–H and O–H groups in total. The zero-order valence-corrected chi connectivity index (χ0v) is 15.9. The maximum atomic E-state index is 12.3. The minimum atomic E-state index is -0.356. The summed E-state index contributed by atoms with van der Waals surface area (Å²) in [6.45, 7) is 4.84. The summed E-state index contributed by atoms with van der Waals surface area (Å²) in [4.78, 5) is 12.3. The zero-order valence-electron chi connectivity index (χ0n) is 15.9. The van der Waals surface area contributed by atoms with Crippen LogP contribution in [0.5, 0.6) is 23.0 Å². The quantitative estimate of drug-likeness (QED) is 0.540. The van der Waals surface area contributed by atoms with Crippen molar-refractivity contribution >= 4 is 12.1 Å². The van der Waals surface area contributed by atoms with Crippen LogP contribution in [0.2, 0.25) is 0 Å². The molecule has 7 nitrogen and oxygen atoms in total. The molecule has 2 rings (SSSR count). The summed E-state index contributed by atoms with van der Waals surface area (Å²) in [5.41, 5.74) is 3.67. The van der Waals surface area contributed by atoms with Crippen molar-refractivity contribution in [1.82, 2.24) is 5.43 Å². The van der Waals surface area contributed by atoms with E-state index in [2.05, 4.69) is 10.5 Å². The first-order valence-electron chi connectivity index (χ1n) is 8.58. The molecule has 1 amide bonds. The van der Waals surface area contributed by atoms with Crippen molar-refractivity contribution in [1.29, 1.82) is 0 Å². The SMILES string of the molecule is CCOc1ccc(/C=N/NC(=O)c2ccc(OCC)c(OC)c2)cc1OC. The number of rotatable bonds is 9. The van der Waals surface area contributed by atoms with Crippen molar-refractivity contribution < 1.29 is 23.7 Å². The smallest absolute Gasteiger partial charge is 0.271 e. The number of methoxy groups -OCH3 is 2. The number of nitrogens with one attached hydrogen (secondary N) is 1. The number of amides is 1. The predicted octanol–water partition coefficient (Wildman–Crippen LogP) is 3.27. The fourth-order valence-corrected chi connectivity index (χ4v) is 2.35. The Labute approximate surface area is 158 Å². The molecule has 0 unspecified atom stereocenters. The number of benzene rings is 2. The van der Waals surface area contributed by atoms with E-state index in [0.717, 1.165) is 5.56 Å². The van der Waals surface area contributed by atoms with E-state index in [0.29, 0.717) is 41.8 Å². The average Bonchev–Trinajstić information content (AvgIpc) is 2.69. The van der Waals surface area contributed by atoms with Crippen LogP contribution in [0.1, 0.15) is 29.8 Å². The Bertz CT molecular complexity index is 805. The van der Waals surface area contributed by atoms with Crippen LogP contribution < -0.4 is 24.4 Å². The van der Waals surface area contributed by atoms with Crippen molar-refractivity contribution in [3.05, 3.63) is 47.5 Å². The third-order valence-corrected chi connectivity index (χ3v) is 3.59.